The Kier molecular flexibility index (Phi) is 5.22. The molecular formula is C23H17ClN2O2. The summed E-state index contributed by atoms with van der Waals surface area (Å²) < 4.78 is 5.32. The molecule has 0 saturated carbocycles. The van der Waals surface area contributed by atoms with Crippen molar-refractivity contribution in [2.45, 2.75) is 6.54 Å². The number of carbonyl (C=O) groups excluding carboxylic acids is 1. The lowest BCUT2D eigenvalue weighted by atomic mass is 10.0. The van der Waals surface area contributed by atoms with Crippen molar-refractivity contribution in [3.8, 4) is 22.6 Å². The van der Waals surface area contributed by atoms with Gasteiger partial charge in [-0.3, -0.25) is 9.78 Å². The van der Waals surface area contributed by atoms with Crippen LogP contribution in [0, 0.1) is 0 Å². The van der Waals surface area contributed by atoms with Crippen LogP contribution in [0.15, 0.2) is 89.7 Å². The highest BCUT2D eigenvalue weighted by Crippen LogP contribution is 2.23. The molecule has 0 aliphatic carbocycles. The Balaban J connectivity index is 1.38. The van der Waals surface area contributed by atoms with Crippen LogP contribution in [0.3, 0.4) is 0 Å². The fourth-order valence-electron chi connectivity index (χ4n) is 2.87. The first-order valence-corrected chi connectivity index (χ1v) is 9.20. The summed E-state index contributed by atoms with van der Waals surface area (Å²) in [6.07, 6.45) is 3.35. The fraction of sp³-hybridized carbons (Fsp3) is 0.0435. The first-order chi connectivity index (χ1) is 13.7. The molecule has 5 heteroatoms. The van der Waals surface area contributed by atoms with Crippen LogP contribution in [0.1, 0.15) is 15.9 Å². The average Bonchev–Trinajstić information content (AvgIpc) is 3.27. The number of nitrogens with one attached hydrogen (secondary N) is 1. The van der Waals surface area contributed by atoms with Gasteiger partial charge in [0.1, 0.15) is 5.69 Å². The summed E-state index contributed by atoms with van der Waals surface area (Å²) >= 11 is 6.04. The molecule has 1 amide bonds. The summed E-state index contributed by atoms with van der Waals surface area (Å²) in [4.78, 5) is 16.8. The van der Waals surface area contributed by atoms with Gasteiger partial charge in [0, 0.05) is 23.3 Å². The number of furan rings is 1. The van der Waals surface area contributed by atoms with Crippen molar-refractivity contribution in [2.24, 2.45) is 0 Å². The second-order valence-electron chi connectivity index (χ2n) is 6.30. The summed E-state index contributed by atoms with van der Waals surface area (Å²) in [5.74, 6) is 0.586. The summed E-state index contributed by atoms with van der Waals surface area (Å²) in [5, 5.41) is 3.60. The van der Waals surface area contributed by atoms with E-state index in [1.165, 1.54) is 0 Å². The second kappa shape index (κ2) is 8.11. The van der Waals surface area contributed by atoms with Gasteiger partial charge in [-0.25, -0.2) is 0 Å². The molecule has 0 aliphatic rings. The van der Waals surface area contributed by atoms with Crippen LogP contribution in [0.2, 0.25) is 5.02 Å². The van der Waals surface area contributed by atoms with Gasteiger partial charge in [0.2, 0.25) is 0 Å². The minimum atomic E-state index is -0.132. The molecular weight excluding hydrogens is 372 g/mol. The predicted molar refractivity (Wildman–Crippen MR) is 110 cm³/mol. The van der Waals surface area contributed by atoms with E-state index in [2.05, 4.69) is 10.3 Å². The van der Waals surface area contributed by atoms with Crippen LogP contribution in [-0.4, -0.2) is 10.9 Å². The van der Waals surface area contributed by atoms with E-state index in [0.717, 1.165) is 28.1 Å². The smallest absolute Gasteiger partial charge is 0.251 e. The van der Waals surface area contributed by atoms with E-state index < -0.39 is 0 Å². The number of carbonyl (C=O) groups is 1. The number of rotatable bonds is 5. The van der Waals surface area contributed by atoms with Crippen molar-refractivity contribution in [2.75, 3.05) is 0 Å². The lowest BCUT2D eigenvalue weighted by molar-refractivity contribution is 0.0951. The highest BCUT2D eigenvalue weighted by molar-refractivity contribution is 6.30. The third kappa shape index (κ3) is 4.13. The van der Waals surface area contributed by atoms with Gasteiger partial charge >= 0.3 is 0 Å². The molecule has 4 rings (SSSR count). The summed E-state index contributed by atoms with van der Waals surface area (Å²) in [7, 11) is 0. The van der Waals surface area contributed by atoms with Crippen LogP contribution < -0.4 is 5.32 Å². The SMILES string of the molecule is O=C(NCc1ccc(-c2ccco2)nc1)c1ccc(-c2cccc(Cl)c2)cc1. The molecule has 0 radical (unpaired) electrons. The van der Waals surface area contributed by atoms with E-state index in [1.54, 1.807) is 12.5 Å². The van der Waals surface area contributed by atoms with Crippen molar-refractivity contribution < 1.29 is 9.21 Å². The molecule has 1 N–H and O–H groups in total. The molecule has 0 spiro atoms. The third-order valence-electron chi connectivity index (χ3n) is 4.36. The number of pyridine rings is 1. The van der Waals surface area contributed by atoms with Gasteiger partial charge in [0.25, 0.3) is 5.91 Å². The topological polar surface area (TPSA) is 55.1 Å². The lowest BCUT2D eigenvalue weighted by Crippen LogP contribution is -2.22. The van der Waals surface area contributed by atoms with E-state index in [4.69, 9.17) is 16.0 Å². The Bertz CT molecular complexity index is 1070. The monoisotopic (exact) mass is 388 g/mol. The molecule has 0 fully saturated rings. The van der Waals surface area contributed by atoms with Gasteiger partial charge in [-0.15, -0.1) is 0 Å². The van der Waals surface area contributed by atoms with Crippen LogP contribution >= 0.6 is 11.6 Å². The van der Waals surface area contributed by atoms with E-state index in [0.29, 0.717) is 17.1 Å². The van der Waals surface area contributed by atoms with Crippen LogP contribution in [-0.2, 0) is 6.54 Å². The fourth-order valence-corrected chi connectivity index (χ4v) is 3.06. The Morgan fingerprint density at radius 3 is 2.50 bits per heavy atom. The summed E-state index contributed by atoms with van der Waals surface area (Å²) in [6, 6.07) is 22.6. The normalized spacial score (nSPS) is 10.6. The van der Waals surface area contributed by atoms with Gasteiger partial charge in [-0.05, 0) is 59.2 Å². The maximum absolute atomic E-state index is 12.4. The Morgan fingerprint density at radius 2 is 1.82 bits per heavy atom. The molecule has 2 heterocycles. The standard InChI is InChI=1S/C23H17ClN2O2/c24-20-4-1-3-19(13-20)17-7-9-18(10-8-17)23(27)26-15-16-6-11-21(25-14-16)22-5-2-12-28-22/h1-14H,15H2,(H,26,27). The molecule has 2 aromatic heterocycles. The zero-order chi connectivity index (χ0) is 19.3. The van der Waals surface area contributed by atoms with Crippen molar-refractivity contribution in [3.63, 3.8) is 0 Å². The number of hydrogen-bond acceptors (Lipinski definition) is 3. The quantitative estimate of drug-likeness (QED) is 0.484. The number of hydrogen-bond donors (Lipinski definition) is 1. The zero-order valence-corrected chi connectivity index (χ0v) is 15.7. The van der Waals surface area contributed by atoms with Crippen LogP contribution in [0.5, 0.6) is 0 Å². The van der Waals surface area contributed by atoms with Crippen molar-refractivity contribution in [1.29, 1.82) is 0 Å². The van der Waals surface area contributed by atoms with Crippen LogP contribution in [0.4, 0.5) is 0 Å². The van der Waals surface area contributed by atoms with Gasteiger partial charge in [-0.2, -0.15) is 0 Å². The highest BCUT2D eigenvalue weighted by Gasteiger charge is 2.07. The highest BCUT2D eigenvalue weighted by atomic mass is 35.5. The Hall–Kier alpha value is -3.37. The summed E-state index contributed by atoms with van der Waals surface area (Å²) in [6.45, 7) is 0.403. The molecule has 4 nitrogen and oxygen atoms in total. The van der Waals surface area contributed by atoms with Crippen molar-refractivity contribution >= 4 is 17.5 Å². The maximum atomic E-state index is 12.4. The third-order valence-corrected chi connectivity index (χ3v) is 4.59. The van der Waals surface area contributed by atoms with Gasteiger partial charge in [0.15, 0.2) is 5.76 Å². The molecule has 0 saturated heterocycles. The van der Waals surface area contributed by atoms with E-state index in [1.807, 2.05) is 72.8 Å². The number of amides is 1. The predicted octanol–water partition coefficient (Wildman–Crippen LogP) is 5.59. The first kappa shape index (κ1) is 18.0. The molecule has 0 atom stereocenters. The number of benzene rings is 2. The van der Waals surface area contributed by atoms with Crippen molar-refractivity contribution in [3.05, 3.63) is 101 Å². The van der Waals surface area contributed by atoms with Gasteiger partial charge in [0.05, 0.1) is 6.26 Å². The maximum Gasteiger partial charge on any atom is 0.251 e. The van der Waals surface area contributed by atoms with Crippen molar-refractivity contribution in [1.82, 2.24) is 10.3 Å². The molecule has 28 heavy (non-hydrogen) atoms. The number of nitrogens with zero attached hydrogens (tertiary/aromatic N) is 1. The zero-order valence-electron chi connectivity index (χ0n) is 14.9. The molecule has 0 bridgehead atoms. The number of aromatic nitrogens is 1. The average molecular weight is 389 g/mol. The second-order valence-corrected chi connectivity index (χ2v) is 6.74. The largest absolute Gasteiger partial charge is 0.463 e. The van der Waals surface area contributed by atoms with Crippen LogP contribution in [0.25, 0.3) is 22.6 Å². The molecule has 138 valence electrons. The number of halogens is 1. The van der Waals surface area contributed by atoms with Gasteiger partial charge in [-0.1, -0.05) is 41.9 Å². The molecule has 2 aromatic carbocycles. The van der Waals surface area contributed by atoms with Gasteiger partial charge < -0.3 is 9.73 Å². The Labute approximate surface area is 167 Å². The lowest BCUT2D eigenvalue weighted by Gasteiger charge is -2.07. The van der Waals surface area contributed by atoms with E-state index in [-0.39, 0.29) is 5.91 Å². The molecule has 4 aromatic rings. The Morgan fingerprint density at radius 1 is 0.964 bits per heavy atom. The first-order valence-electron chi connectivity index (χ1n) is 8.82. The minimum absolute atomic E-state index is 0.132. The molecule has 0 aliphatic heterocycles. The van der Waals surface area contributed by atoms with E-state index >= 15 is 0 Å². The molecule has 0 unspecified atom stereocenters. The van der Waals surface area contributed by atoms with E-state index in [9.17, 15) is 4.79 Å². The summed E-state index contributed by atoms with van der Waals surface area (Å²) in [5.41, 5.74) is 4.31. The minimum Gasteiger partial charge on any atom is -0.463 e.